The molecule has 21 heavy (non-hydrogen) atoms. The van der Waals surface area contributed by atoms with Gasteiger partial charge in [0.05, 0.1) is 6.04 Å². The molecule has 1 atom stereocenters. The molecule has 0 bridgehead atoms. The van der Waals surface area contributed by atoms with Crippen molar-refractivity contribution in [3.8, 4) is 5.88 Å². The average molecular weight is 303 g/mol. The second-order valence-corrected chi connectivity index (χ2v) is 5.38. The quantitative estimate of drug-likeness (QED) is 0.771. The van der Waals surface area contributed by atoms with Crippen molar-refractivity contribution in [1.29, 1.82) is 0 Å². The molecule has 1 amide bonds. The molecule has 0 aromatic carbocycles. The molecule has 8 heteroatoms. The van der Waals surface area contributed by atoms with Gasteiger partial charge in [-0.25, -0.2) is 0 Å². The Hall–Kier alpha value is -2.48. The molecular weight excluding hydrogens is 290 g/mol. The third-order valence-electron chi connectivity index (χ3n) is 2.84. The first-order chi connectivity index (χ1) is 10.2. The van der Waals surface area contributed by atoms with Gasteiger partial charge in [-0.05, 0) is 24.4 Å². The first-order valence-corrected chi connectivity index (χ1v) is 7.23. The number of nitrogens with zero attached hydrogens (tertiary/aromatic N) is 4. The third kappa shape index (κ3) is 3.16. The fourth-order valence-corrected chi connectivity index (χ4v) is 2.55. The maximum Gasteiger partial charge on any atom is 0.258 e. The molecule has 0 fully saturated rings. The van der Waals surface area contributed by atoms with E-state index in [0.29, 0.717) is 11.5 Å². The second kappa shape index (κ2) is 5.88. The fourth-order valence-electron chi connectivity index (χ4n) is 1.82. The molecule has 0 aliphatic rings. The zero-order valence-corrected chi connectivity index (χ0v) is 12.1. The maximum atomic E-state index is 11.8. The van der Waals surface area contributed by atoms with Gasteiger partial charge in [0, 0.05) is 10.9 Å². The van der Waals surface area contributed by atoms with Crippen molar-refractivity contribution < 1.29 is 9.53 Å². The third-order valence-corrected chi connectivity index (χ3v) is 3.89. The molecule has 0 aliphatic carbocycles. The van der Waals surface area contributed by atoms with E-state index in [-0.39, 0.29) is 18.6 Å². The van der Waals surface area contributed by atoms with Gasteiger partial charge in [0.2, 0.25) is 5.88 Å². The number of aromatic nitrogens is 4. The van der Waals surface area contributed by atoms with E-state index >= 15 is 0 Å². The van der Waals surface area contributed by atoms with Crippen LogP contribution in [0.4, 0.5) is 0 Å². The number of nitrogens with one attached hydrogen (secondary N) is 1. The lowest BCUT2D eigenvalue weighted by molar-refractivity contribution is -0.123. The molecule has 3 aromatic rings. The van der Waals surface area contributed by atoms with Crippen LogP contribution >= 0.6 is 11.3 Å². The van der Waals surface area contributed by atoms with Gasteiger partial charge in [0.1, 0.15) is 6.33 Å². The van der Waals surface area contributed by atoms with Crippen LogP contribution in [0, 0.1) is 0 Å². The summed E-state index contributed by atoms with van der Waals surface area (Å²) in [6.45, 7) is 1.85. The number of ether oxygens (including phenoxy) is 1. The molecule has 0 aliphatic heterocycles. The summed E-state index contributed by atoms with van der Waals surface area (Å²) < 4.78 is 6.85. The summed E-state index contributed by atoms with van der Waals surface area (Å²) in [6, 6.07) is 7.28. The number of hydrogen-bond donors (Lipinski definition) is 1. The van der Waals surface area contributed by atoms with Crippen LogP contribution in [0.25, 0.3) is 5.65 Å². The number of hydrogen-bond acceptors (Lipinski definition) is 6. The summed E-state index contributed by atoms with van der Waals surface area (Å²) in [4.78, 5) is 12.9. The average Bonchev–Trinajstić information content (AvgIpc) is 3.15. The van der Waals surface area contributed by atoms with E-state index < -0.39 is 0 Å². The zero-order chi connectivity index (χ0) is 14.7. The van der Waals surface area contributed by atoms with Crippen LogP contribution in [0.2, 0.25) is 0 Å². The summed E-state index contributed by atoms with van der Waals surface area (Å²) in [5, 5.41) is 16.5. The molecule has 0 saturated carbocycles. The summed E-state index contributed by atoms with van der Waals surface area (Å²) in [5.41, 5.74) is 0.623. The Bertz CT molecular complexity index is 740. The predicted octanol–water partition coefficient (Wildman–Crippen LogP) is 1.44. The predicted molar refractivity (Wildman–Crippen MR) is 77.2 cm³/mol. The molecule has 1 unspecified atom stereocenters. The molecule has 0 spiro atoms. The minimum absolute atomic E-state index is 0.0330. The SMILES string of the molecule is CC(NC(=O)COc1ccc2nncn2n1)c1cccs1. The summed E-state index contributed by atoms with van der Waals surface area (Å²) in [7, 11) is 0. The van der Waals surface area contributed by atoms with Crippen molar-refractivity contribution in [3.05, 3.63) is 40.8 Å². The number of carbonyl (C=O) groups excluding carboxylic acids is 1. The van der Waals surface area contributed by atoms with Crippen LogP contribution in [0.5, 0.6) is 5.88 Å². The maximum absolute atomic E-state index is 11.8. The fraction of sp³-hybridized carbons (Fsp3) is 0.231. The Labute approximate surface area is 124 Å². The number of amides is 1. The second-order valence-electron chi connectivity index (χ2n) is 4.40. The van der Waals surface area contributed by atoms with E-state index in [0.717, 1.165) is 4.88 Å². The van der Waals surface area contributed by atoms with Crippen LogP contribution in [0.1, 0.15) is 17.8 Å². The van der Waals surface area contributed by atoms with Gasteiger partial charge in [0.25, 0.3) is 5.91 Å². The van der Waals surface area contributed by atoms with Gasteiger partial charge in [-0.15, -0.1) is 26.6 Å². The van der Waals surface area contributed by atoms with Crippen molar-refractivity contribution in [2.75, 3.05) is 6.61 Å². The summed E-state index contributed by atoms with van der Waals surface area (Å²) in [5.74, 6) is 0.155. The van der Waals surface area contributed by atoms with Crippen LogP contribution in [-0.2, 0) is 4.79 Å². The molecule has 3 heterocycles. The molecule has 1 N–H and O–H groups in total. The van der Waals surface area contributed by atoms with E-state index in [4.69, 9.17) is 4.74 Å². The van der Waals surface area contributed by atoms with Gasteiger partial charge in [0.15, 0.2) is 12.3 Å². The Morgan fingerprint density at radius 2 is 2.38 bits per heavy atom. The van der Waals surface area contributed by atoms with Gasteiger partial charge in [-0.1, -0.05) is 6.07 Å². The minimum atomic E-state index is -0.193. The van der Waals surface area contributed by atoms with Crippen LogP contribution in [-0.4, -0.2) is 32.3 Å². The van der Waals surface area contributed by atoms with E-state index in [9.17, 15) is 4.79 Å². The van der Waals surface area contributed by atoms with Gasteiger partial charge < -0.3 is 10.1 Å². The molecule has 0 radical (unpaired) electrons. The highest BCUT2D eigenvalue weighted by molar-refractivity contribution is 7.10. The van der Waals surface area contributed by atoms with Crippen molar-refractivity contribution in [1.82, 2.24) is 25.1 Å². The standard InChI is InChI=1S/C13H13N5O2S/c1-9(10-3-2-6-21-10)15-12(19)7-20-13-5-4-11-16-14-8-18(11)17-13/h2-6,8-9H,7H2,1H3,(H,15,19). The van der Waals surface area contributed by atoms with E-state index in [1.807, 2.05) is 24.4 Å². The highest BCUT2D eigenvalue weighted by Crippen LogP contribution is 2.17. The van der Waals surface area contributed by atoms with Gasteiger partial charge in [-0.2, -0.15) is 4.52 Å². The summed E-state index contributed by atoms with van der Waals surface area (Å²) >= 11 is 1.60. The highest BCUT2D eigenvalue weighted by Gasteiger charge is 2.11. The van der Waals surface area contributed by atoms with Crippen LogP contribution < -0.4 is 10.1 Å². The molecule has 7 nitrogen and oxygen atoms in total. The van der Waals surface area contributed by atoms with E-state index in [1.54, 1.807) is 23.5 Å². The van der Waals surface area contributed by atoms with Crippen molar-refractivity contribution >= 4 is 22.9 Å². The normalized spacial score (nSPS) is 12.2. The smallest absolute Gasteiger partial charge is 0.258 e. The molecule has 108 valence electrons. The minimum Gasteiger partial charge on any atom is -0.467 e. The molecule has 3 aromatic heterocycles. The largest absolute Gasteiger partial charge is 0.467 e. The van der Waals surface area contributed by atoms with Gasteiger partial charge in [-0.3, -0.25) is 4.79 Å². The Balaban J connectivity index is 1.55. The van der Waals surface area contributed by atoms with Crippen molar-refractivity contribution in [2.45, 2.75) is 13.0 Å². The van der Waals surface area contributed by atoms with Crippen molar-refractivity contribution in [2.24, 2.45) is 0 Å². The molecular formula is C13H13N5O2S. The zero-order valence-electron chi connectivity index (χ0n) is 11.3. The summed E-state index contributed by atoms with van der Waals surface area (Å²) in [6.07, 6.45) is 1.47. The Kier molecular flexibility index (Phi) is 3.78. The first kappa shape index (κ1) is 13.5. The lowest BCUT2D eigenvalue weighted by Gasteiger charge is -2.12. The topological polar surface area (TPSA) is 81.4 Å². The van der Waals surface area contributed by atoms with Crippen LogP contribution in [0.15, 0.2) is 36.0 Å². The van der Waals surface area contributed by atoms with Crippen LogP contribution in [0.3, 0.4) is 0 Å². The molecule has 3 rings (SSSR count). The Morgan fingerprint density at radius 3 is 3.19 bits per heavy atom. The number of rotatable bonds is 5. The van der Waals surface area contributed by atoms with Crippen molar-refractivity contribution in [3.63, 3.8) is 0 Å². The highest BCUT2D eigenvalue weighted by atomic mass is 32.1. The molecule has 0 saturated heterocycles. The Morgan fingerprint density at radius 1 is 1.48 bits per heavy atom. The number of carbonyl (C=O) groups is 1. The number of thiophene rings is 1. The van der Waals surface area contributed by atoms with E-state index in [1.165, 1.54) is 10.8 Å². The first-order valence-electron chi connectivity index (χ1n) is 6.35. The lowest BCUT2D eigenvalue weighted by Crippen LogP contribution is -2.31. The van der Waals surface area contributed by atoms with Gasteiger partial charge >= 0.3 is 0 Å². The monoisotopic (exact) mass is 303 g/mol. The number of fused-ring (bicyclic) bond motifs is 1. The van der Waals surface area contributed by atoms with E-state index in [2.05, 4.69) is 20.6 Å². The lowest BCUT2D eigenvalue weighted by atomic mass is 10.3.